The SMILES string of the molecule is CCC1CC(C)(O)C(C)(C)C(CC)O1. The molecule has 0 amide bonds. The number of ether oxygens (including phenoxy) is 1. The third kappa shape index (κ3) is 1.82. The minimum atomic E-state index is -0.605. The van der Waals surface area contributed by atoms with Crippen LogP contribution in [0.4, 0.5) is 0 Å². The Labute approximate surface area is 87.7 Å². The van der Waals surface area contributed by atoms with Gasteiger partial charge in [0.15, 0.2) is 0 Å². The quantitative estimate of drug-likeness (QED) is 0.742. The van der Waals surface area contributed by atoms with Crippen LogP contribution in [0.5, 0.6) is 0 Å². The molecule has 1 aliphatic rings. The summed E-state index contributed by atoms with van der Waals surface area (Å²) in [5.74, 6) is 0. The Bertz CT molecular complexity index is 196. The molecule has 0 aromatic heterocycles. The lowest BCUT2D eigenvalue weighted by atomic mass is 9.66. The first-order valence-electron chi connectivity index (χ1n) is 5.73. The second-order valence-electron chi connectivity index (χ2n) is 5.26. The summed E-state index contributed by atoms with van der Waals surface area (Å²) in [4.78, 5) is 0. The van der Waals surface area contributed by atoms with E-state index >= 15 is 0 Å². The van der Waals surface area contributed by atoms with Crippen LogP contribution >= 0.6 is 0 Å². The Hall–Kier alpha value is -0.0800. The summed E-state index contributed by atoms with van der Waals surface area (Å²) < 4.78 is 5.98. The van der Waals surface area contributed by atoms with Crippen molar-refractivity contribution in [3.8, 4) is 0 Å². The van der Waals surface area contributed by atoms with Gasteiger partial charge in [0.05, 0.1) is 17.8 Å². The van der Waals surface area contributed by atoms with Crippen LogP contribution in [0, 0.1) is 5.41 Å². The summed E-state index contributed by atoms with van der Waals surface area (Å²) in [6.07, 6.45) is 3.12. The molecular formula is C12H24O2. The second-order valence-corrected chi connectivity index (χ2v) is 5.26. The van der Waals surface area contributed by atoms with Gasteiger partial charge in [0.2, 0.25) is 0 Å². The molecule has 0 radical (unpaired) electrons. The molecule has 1 N–H and O–H groups in total. The van der Waals surface area contributed by atoms with E-state index in [0.29, 0.717) is 0 Å². The molecule has 2 nitrogen and oxygen atoms in total. The summed E-state index contributed by atoms with van der Waals surface area (Å²) in [7, 11) is 0. The zero-order chi connectivity index (χ0) is 11.0. The van der Waals surface area contributed by atoms with E-state index in [-0.39, 0.29) is 17.6 Å². The molecule has 0 aliphatic carbocycles. The maximum Gasteiger partial charge on any atom is 0.0719 e. The molecule has 1 saturated heterocycles. The molecule has 2 heteroatoms. The van der Waals surface area contributed by atoms with E-state index in [4.69, 9.17) is 4.74 Å². The maximum atomic E-state index is 10.4. The normalized spacial score (nSPS) is 42.4. The third-order valence-corrected chi connectivity index (χ3v) is 4.00. The van der Waals surface area contributed by atoms with Crippen molar-refractivity contribution in [1.29, 1.82) is 0 Å². The molecular weight excluding hydrogens is 176 g/mol. The first kappa shape index (κ1) is 12.0. The van der Waals surface area contributed by atoms with Crippen molar-refractivity contribution < 1.29 is 9.84 Å². The zero-order valence-corrected chi connectivity index (χ0v) is 10.1. The highest BCUT2D eigenvalue weighted by atomic mass is 16.5. The molecule has 84 valence electrons. The Kier molecular flexibility index (Phi) is 3.27. The molecule has 3 unspecified atom stereocenters. The first-order chi connectivity index (χ1) is 6.35. The smallest absolute Gasteiger partial charge is 0.0719 e. The topological polar surface area (TPSA) is 29.5 Å². The summed E-state index contributed by atoms with van der Waals surface area (Å²) in [5, 5.41) is 10.4. The van der Waals surface area contributed by atoms with Gasteiger partial charge in [0.1, 0.15) is 0 Å². The molecule has 0 bridgehead atoms. The van der Waals surface area contributed by atoms with Gasteiger partial charge in [0.25, 0.3) is 0 Å². The van der Waals surface area contributed by atoms with Gasteiger partial charge in [-0.2, -0.15) is 0 Å². The van der Waals surface area contributed by atoms with Crippen LogP contribution < -0.4 is 0 Å². The predicted molar refractivity (Wildman–Crippen MR) is 58.3 cm³/mol. The molecule has 1 fully saturated rings. The van der Waals surface area contributed by atoms with Crippen molar-refractivity contribution in [3.05, 3.63) is 0 Å². The largest absolute Gasteiger partial charge is 0.389 e. The lowest BCUT2D eigenvalue weighted by Crippen LogP contribution is -2.57. The Morgan fingerprint density at radius 1 is 1.21 bits per heavy atom. The van der Waals surface area contributed by atoms with E-state index < -0.39 is 5.60 Å². The van der Waals surface area contributed by atoms with Crippen molar-refractivity contribution in [1.82, 2.24) is 0 Å². The standard InChI is InChI=1S/C12H24O2/c1-6-9-8-12(5,13)11(3,4)10(7-2)14-9/h9-10,13H,6-8H2,1-5H3. The molecule has 14 heavy (non-hydrogen) atoms. The van der Waals surface area contributed by atoms with Crippen molar-refractivity contribution in [2.24, 2.45) is 5.41 Å². The first-order valence-corrected chi connectivity index (χ1v) is 5.73. The maximum absolute atomic E-state index is 10.4. The highest BCUT2D eigenvalue weighted by Crippen LogP contribution is 2.45. The summed E-state index contributed by atoms with van der Waals surface area (Å²) in [6, 6.07) is 0. The molecule has 0 spiro atoms. The van der Waals surface area contributed by atoms with Gasteiger partial charge in [-0.3, -0.25) is 0 Å². The van der Waals surface area contributed by atoms with Crippen LogP contribution in [0.25, 0.3) is 0 Å². The number of rotatable bonds is 2. The van der Waals surface area contributed by atoms with Gasteiger partial charge < -0.3 is 9.84 Å². The molecule has 0 aromatic rings. The van der Waals surface area contributed by atoms with Crippen LogP contribution in [-0.2, 0) is 4.74 Å². The van der Waals surface area contributed by atoms with Crippen LogP contribution in [0.3, 0.4) is 0 Å². The van der Waals surface area contributed by atoms with E-state index in [0.717, 1.165) is 19.3 Å². The van der Waals surface area contributed by atoms with E-state index in [1.54, 1.807) is 0 Å². The fourth-order valence-electron chi connectivity index (χ4n) is 2.35. The highest BCUT2D eigenvalue weighted by molar-refractivity contribution is 4.99. The van der Waals surface area contributed by atoms with Crippen molar-refractivity contribution in [3.63, 3.8) is 0 Å². The second kappa shape index (κ2) is 3.82. The van der Waals surface area contributed by atoms with Crippen LogP contribution in [0.15, 0.2) is 0 Å². The van der Waals surface area contributed by atoms with Crippen LogP contribution in [0.2, 0.25) is 0 Å². The average Bonchev–Trinajstić information content (AvgIpc) is 2.09. The van der Waals surface area contributed by atoms with Gasteiger partial charge in [-0.25, -0.2) is 0 Å². The fourth-order valence-corrected chi connectivity index (χ4v) is 2.35. The van der Waals surface area contributed by atoms with Crippen molar-refractivity contribution >= 4 is 0 Å². The van der Waals surface area contributed by atoms with E-state index in [9.17, 15) is 5.11 Å². The summed E-state index contributed by atoms with van der Waals surface area (Å²) in [6.45, 7) is 10.4. The lowest BCUT2D eigenvalue weighted by Gasteiger charge is -2.51. The number of aliphatic hydroxyl groups is 1. The Morgan fingerprint density at radius 3 is 2.21 bits per heavy atom. The molecule has 1 aliphatic heterocycles. The van der Waals surface area contributed by atoms with E-state index in [1.807, 2.05) is 6.92 Å². The Balaban J connectivity index is 2.87. The van der Waals surface area contributed by atoms with Gasteiger partial charge >= 0.3 is 0 Å². The predicted octanol–water partition coefficient (Wildman–Crippen LogP) is 2.74. The number of hydrogen-bond acceptors (Lipinski definition) is 2. The Morgan fingerprint density at radius 2 is 1.79 bits per heavy atom. The van der Waals surface area contributed by atoms with Gasteiger partial charge in [0, 0.05) is 11.8 Å². The highest BCUT2D eigenvalue weighted by Gasteiger charge is 2.50. The van der Waals surface area contributed by atoms with Crippen LogP contribution in [0.1, 0.15) is 53.9 Å². The molecule has 0 saturated carbocycles. The van der Waals surface area contributed by atoms with E-state index in [1.165, 1.54) is 0 Å². The molecule has 1 heterocycles. The van der Waals surface area contributed by atoms with E-state index in [2.05, 4.69) is 27.7 Å². The summed E-state index contributed by atoms with van der Waals surface area (Å²) in [5.41, 5.74) is -0.750. The van der Waals surface area contributed by atoms with Crippen molar-refractivity contribution in [2.45, 2.75) is 71.7 Å². The minimum Gasteiger partial charge on any atom is -0.389 e. The molecule has 0 aromatic carbocycles. The molecule has 1 rings (SSSR count). The molecule has 3 atom stereocenters. The zero-order valence-electron chi connectivity index (χ0n) is 10.1. The third-order valence-electron chi connectivity index (χ3n) is 4.00. The van der Waals surface area contributed by atoms with Crippen molar-refractivity contribution in [2.75, 3.05) is 0 Å². The monoisotopic (exact) mass is 200 g/mol. The van der Waals surface area contributed by atoms with Gasteiger partial charge in [-0.15, -0.1) is 0 Å². The van der Waals surface area contributed by atoms with Gasteiger partial charge in [-0.05, 0) is 19.8 Å². The average molecular weight is 200 g/mol. The minimum absolute atomic E-state index is 0.145. The summed E-state index contributed by atoms with van der Waals surface area (Å²) >= 11 is 0. The lowest BCUT2D eigenvalue weighted by molar-refractivity contribution is -0.218. The number of hydrogen-bond donors (Lipinski definition) is 1. The fraction of sp³-hybridized carbons (Fsp3) is 1.00. The van der Waals surface area contributed by atoms with Gasteiger partial charge in [-0.1, -0.05) is 27.7 Å². The van der Waals surface area contributed by atoms with Crippen LogP contribution in [-0.4, -0.2) is 22.9 Å².